The Bertz CT molecular complexity index is 658. The van der Waals surface area contributed by atoms with Crippen LogP contribution in [0, 0.1) is 0 Å². The van der Waals surface area contributed by atoms with Crippen molar-refractivity contribution in [3.8, 4) is 0 Å². The molecule has 1 aromatic carbocycles. The third-order valence-electron chi connectivity index (χ3n) is 3.29. The van der Waals surface area contributed by atoms with Crippen LogP contribution in [0.25, 0.3) is 0 Å². The second-order valence-electron chi connectivity index (χ2n) is 4.99. The highest BCUT2D eigenvalue weighted by atomic mass is 32.2. The third kappa shape index (κ3) is 5.13. The van der Waals surface area contributed by atoms with E-state index in [2.05, 4.69) is 10.6 Å². The number of hydrogen-bond acceptors (Lipinski definition) is 5. The van der Waals surface area contributed by atoms with Crippen molar-refractivity contribution in [2.75, 3.05) is 41.8 Å². The molecule has 1 aliphatic heterocycles. The first kappa shape index (κ1) is 17.1. The summed E-state index contributed by atoms with van der Waals surface area (Å²) in [5.74, 6) is -0.0222. The van der Waals surface area contributed by atoms with Gasteiger partial charge in [0.25, 0.3) is 0 Å². The standard InChI is InChI=1S/C14H19N3O5S/c1-2-22-14(19)16-12-5-3-11(4-6-12)15-13(18)17-7-9-23(20,21)10-8-17/h3-6H,2,7-10H2,1H3,(H,15,18)(H,16,19). The van der Waals surface area contributed by atoms with Gasteiger partial charge in [-0.15, -0.1) is 0 Å². The van der Waals surface area contributed by atoms with Gasteiger partial charge < -0.3 is 15.0 Å². The number of nitrogens with zero attached hydrogens (tertiary/aromatic N) is 1. The molecule has 0 atom stereocenters. The number of ether oxygens (including phenoxy) is 1. The summed E-state index contributed by atoms with van der Waals surface area (Å²) >= 11 is 0. The average Bonchev–Trinajstić information content (AvgIpc) is 2.49. The number of carbonyl (C=O) groups excluding carboxylic acids is 2. The van der Waals surface area contributed by atoms with E-state index in [0.29, 0.717) is 11.4 Å². The number of anilines is 2. The molecular weight excluding hydrogens is 322 g/mol. The van der Waals surface area contributed by atoms with Crippen molar-refractivity contribution in [1.29, 1.82) is 0 Å². The first-order valence-corrected chi connectivity index (χ1v) is 9.02. The van der Waals surface area contributed by atoms with Crippen LogP contribution in [0.15, 0.2) is 24.3 Å². The summed E-state index contributed by atoms with van der Waals surface area (Å²) in [5, 5.41) is 5.24. The fourth-order valence-corrected chi connectivity index (χ4v) is 3.24. The largest absolute Gasteiger partial charge is 0.450 e. The van der Waals surface area contributed by atoms with Gasteiger partial charge >= 0.3 is 12.1 Å². The minimum Gasteiger partial charge on any atom is -0.450 e. The topological polar surface area (TPSA) is 105 Å². The van der Waals surface area contributed by atoms with Gasteiger partial charge in [0.15, 0.2) is 9.84 Å². The van der Waals surface area contributed by atoms with Gasteiger partial charge in [-0.25, -0.2) is 18.0 Å². The van der Waals surface area contributed by atoms with E-state index in [4.69, 9.17) is 4.74 Å². The molecule has 1 aromatic rings. The molecule has 1 aliphatic rings. The normalized spacial score (nSPS) is 16.5. The highest BCUT2D eigenvalue weighted by molar-refractivity contribution is 7.91. The summed E-state index contributed by atoms with van der Waals surface area (Å²) in [5.41, 5.74) is 1.10. The molecule has 0 bridgehead atoms. The second-order valence-corrected chi connectivity index (χ2v) is 7.30. The lowest BCUT2D eigenvalue weighted by Gasteiger charge is -2.26. The predicted octanol–water partition coefficient (Wildman–Crippen LogP) is 1.52. The summed E-state index contributed by atoms with van der Waals surface area (Å²) in [6.07, 6.45) is -0.543. The summed E-state index contributed by atoms with van der Waals surface area (Å²) in [6, 6.07) is 6.20. The van der Waals surface area contributed by atoms with Crippen molar-refractivity contribution in [2.45, 2.75) is 6.92 Å². The number of carbonyl (C=O) groups is 2. The first-order chi connectivity index (χ1) is 10.9. The minimum atomic E-state index is -3.02. The lowest BCUT2D eigenvalue weighted by molar-refractivity contribution is 0.168. The molecule has 0 radical (unpaired) electrons. The smallest absolute Gasteiger partial charge is 0.411 e. The molecule has 23 heavy (non-hydrogen) atoms. The number of sulfone groups is 1. The second kappa shape index (κ2) is 7.32. The van der Waals surface area contributed by atoms with Crippen molar-refractivity contribution in [1.82, 2.24) is 4.90 Å². The Balaban J connectivity index is 1.88. The van der Waals surface area contributed by atoms with Crippen LogP contribution in [0.5, 0.6) is 0 Å². The summed E-state index contributed by atoms with van der Waals surface area (Å²) in [4.78, 5) is 24.8. The molecule has 0 saturated carbocycles. The number of nitrogens with one attached hydrogen (secondary N) is 2. The zero-order chi connectivity index (χ0) is 16.9. The molecule has 2 N–H and O–H groups in total. The highest BCUT2D eigenvalue weighted by Gasteiger charge is 2.24. The van der Waals surface area contributed by atoms with Crippen LogP contribution < -0.4 is 10.6 Å². The van der Waals surface area contributed by atoms with Gasteiger partial charge in [0.2, 0.25) is 0 Å². The molecule has 0 unspecified atom stereocenters. The van der Waals surface area contributed by atoms with E-state index in [-0.39, 0.29) is 37.2 Å². The molecule has 0 aromatic heterocycles. The monoisotopic (exact) mass is 341 g/mol. The molecule has 9 heteroatoms. The Hall–Kier alpha value is -2.29. The Kier molecular flexibility index (Phi) is 5.43. The fourth-order valence-electron chi connectivity index (χ4n) is 2.04. The zero-order valence-electron chi connectivity index (χ0n) is 12.7. The van der Waals surface area contributed by atoms with Gasteiger partial charge in [-0.1, -0.05) is 0 Å². The van der Waals surface area contributed by atoms with E-state index in [1.54, 1.807) is 31.2 Å². The van der Waals surface area contributed by atoms with Gasteiger partial charge in [0, 0.05) is 24.5 Å². The Morgan fingerprint density at radius 3 is 2.13 bits per heavy atom. The summed E-state index contributed by atoms with van der Waals surface area (Å²) < 4.78 is 27.5. The molecule has 8 nitrogen and oxygen atoms in total. The Morgan fingerprint density at radius 2 is 1.61 bits per heavy atom. The number of rotatable bonds is 3. The quantitative estimate of drug-likeness (QED) is 0.867. The number of hydrogen-bond donors (Lipinski definition) is 2. The van der Waals surface area contributed by atoms with Crippen LogP contribution in [-0.4, -0.2) is 56.6 Å². The number of benzene rings is 1. The first-order valence-electron chi connectivity index (χ1n) is 7.20. The zero-order valence-corrected chi connectivity index (χ0v) is 13.6. The van der Waals surface area contributed by atoms with Crippen LogP contribution >= 0.6 is 0 Å². The van der Waals surface area contributed by atoms with E-state index in [1.807, 2.05) is 0 Å². The van der Waals surface area contributed by atoms with Crippen molar-refractivity contribution in [3.63, 3.8) is 0 Å². The van der Waals surface area contributed by atoms with Gasteiger partial charge in [-0.3, -0.25) is 5.32 Å². The van der Waals surface area contributed by atoms with E-state index in [0.717, 1.165) is 0 Å². The SMILES string of the molecule is CCOC(=O)Nc1ccc(NC(=O)N2CCS(=O)(=O)CC2)cc1. The molecular formula is C14H19N3O5S. The maximum atomic E-state index is 12.1. The van der Waals surface area contributed by atoms with Crippen LogP contribution in [0.4, 0.5) is 21.0 Å². The van der Waals surface area contributed by atoms with E-state index < -0.39 is 15.9 Å². The summed E-state index contributed by atoms with van der Waals surface area (Å²) in [6.45, 7) is 2.38. The van der Waals surface area contributed by atoms with E-state index in [1.165, 1.54) is 4.90 Å². The van der Waals surface area contributed by atoms with Gasteiger partial charge in [0.05, 0.1) is 18.1 Å². The van der Waals surface area contributed by atoms with Gasteiger partial charge in [-0.05, 0) is 31.2 Å². The van der Waals surface area contributed by atoms with Crippen molar-refractivity contribution < 1.29 is 22.7 Å². The molecule has 126 valence electrons. The van der Waals surface area contributed by atoms with E-state index in [9.17, 15) is 18.0 Å². The van der Waals surface area contributed by atoms with E-state index >= 15 is 0 Å². The molecule has 1 saturated heterocycles. The van der Waals surface area contributed by atoms with Gasteiger partial charge in [-0.2, -0.15) is 0 Å². The number of amides is 3. The lowest BCUT2D eigenvalue weighted by atomic mass is 10.3. The maximum Gasteiger partial charge on any atom is 0.411 e. The summed E-state index contributed by atoms with van der Waals surface area (Å²) in [7, 11) is -3.02. The molecule has 2 rings (SSSR count). The molecule has 0 spiro atoms. The Labute approximate surface area is 134 Å². The fraction of sp³-hybridized carbons (Fsp3) is 0.429. The highest BCUT2D eigenvalue weighted by Crippen LogP contribution is 2.15. The molecule has 1 fully saturated rings. The number of urea groups is 1. The van der Waals surface area contributed by atoms with Crippen molar-refractivity contribution in [3.05, 3.63) is 24.3 Å². The average molecular weight is 341 g/mol. The van der Waals surface area contributed by atoms with Crippen LogP contribution in [-0.2, 0) is 14.6 Å². The van der Waals surface area contributed by atoms with Crippen LogP contribution in [0.3, 0.4) is 0 Å². The molecule has 3 amide bonds. The van der Waals surface area contributed by atoms with Crippen molar-refractivity contribution >= 4 is 33.3 Å². The lowest BCUT2D eigenvalue weighted by Crippen LogP contribution is -2.45. The van der Waals surface area contributed by atoms with Crippen LogP contribution in [0.1, 0.15) is 6.92 Å². The molecule has 0 aliphatic carbocycles. The maximum absolute atomic E-state index is 12.1. The van der Waals surface area contributed by atoms with Crippen molar-refractivity contribution in [2.24, 2.45) is 0 Å². The predicted molar refractivity (Wildman–Crippen MR) is 86.3 cm³/mol. The minimum absolute atomic E-state index is 0.0111. The van der Waals surface area contributed by atoms with Gasteiger partial charge in [0.1, 0.15) is 0 Å². The molecule has 1 heterocycles. The third-order valence-corrected chi connectivity index (χ3v) is 4.90. The Morgan fingerprint density at radius 1 is 1.09 bits per heavy atom. The van der Waals surface area contributed by atoms with Crippen LogP contribution in [0.2, 0.25) is 0 Å².